The molecule has 2 heterocycles. The number of hydrazine groups is 1. The second-order valence-corrected chi connectivity index (χ2v) is 8.63. The molecule has 6 nitrogen and oxygen atoms in total. The first kappa shape index (κ1) is 22.7. The Hall–Kier alpha value is -3.44. The van der Waals surface area contributed by atoms with Crippen molar-refractivity contribution in [2.45, 2.75) is 6.18 Å². The number of hydrogen-bond acceptors (Lipinski definition) is 4. The molecule has 0 fully saturated rings. The van der Waals surface area contributed by atoms with E-state index in [-0.39, 0.29) is 11.3 Å². The van der Waals surface area contributed by atoms with E-state index in [1.165, 1.54) is 40.3 Å². The molecule has 0 aliphatic carbocycles. The van der Waals surface area contributed by atoms with Crippen molar-refractivity contribution in [2.75, 3.05) is 0 Å². The molecule has 4 aromatic rings. The van der Waals surface area contributed by atoms with Crippen molar-refractivity contribution in [1.29, 1.82) is 0 Å². The molecule has 33 heavy (non-hydrogen) atoms. The van der Waals surface area contributed by atoms with Crippen LogP contribution in [0.1, 0.15) is 26.4 Å². The molecule has 0 radical (unpaired) electrons. The Morgan fingerprint density at radius 1 is 0.909 bits per heavy atom. The van der Waals surface area contributed by atoms with Crippen molar-refractivity contribution < 1.29 is 22.8 Å². The smallest absolute Gasteiger partial charge is 0.267 e. The molecular formula is C22H14BrF3N4O2S. The Labute approximate surface area is 198 Å². The van der Waals surface area contributed by atoms with Gasteiger partial charge in [-0.2, -0.15) is 18.3 Å². The molecule has 2 N–H and O–H groups in total. The van der Waals surface area contributed by atoms with E-state index in [0.717, 1.165) is 10.5 Å². The van der Waals surface area contributed by atoms with Gasteiger partial charge >= 0.3 is 6.18 Å². The Balaban J connectivity index is 1.51. The third-order valence-corrected chi connectivity index (χ3v) is 5.96. The van der Waals surface area contributed by atoms with E-state index in [0.29, 0.717) is 16.1 Å². The third-order valence-electron chi connectivity index (χ3n) is 4.54. The van der Waals surface area contributed by atoms with Crippen LogP contribution in [0.15, 0.2) is 76.6 Å². The fraction of sp³-hybridized carbons (Fsp3) is 0.0455. The molecule has 2 amide bonds. The van der Waals surface area contributed by atoms with Crippen LogP contribution in [0.4, 0.5) is 13.2 Å². The van der Waals surface area contributed by atoms with E-state index < -0.39 is 23.7 Å². The minimum absolute atomic E-state index is 0.204. The number of benzene rings is 2. The van der Waals surface area contributed by atoms with Gasteiger partial charge in [-0.05, 0) is 66.0 Å². The molecule has 0 saturated heterocycles. The zero-order chi connectivity index (χ0) is 23.6. The maximum absolute atomic E-state index is 13.2. The largest absolute Gasteiger partial charge is 0.435 e. The van der Waals surface area contributed by atoms with Crippen molar-refractivity contribution in [3.8, 4) is 16.3 Å². The van der Waals surface area contributed by atoms with Gasteiger partial charge in [0.25, 0.3) is 11.8 Å². The molecule has 4 rings (SSSR count). The standard InChI is InChI=1S/C22H14BrF3N4O2S/c23-15-7-3-13(4-8-15)20(31)27-28-21(32)14-5-9-16(10-6-14)30-17(18-2-1-11-33-18)12-19(29-30)22(24,25)26/h1-12H,(H,27,31)(H,28,32). The summed E-state index contributed by atoms with van der Waals surface area (Å²) in [6, 6.07) is 16.8. The summed E-state index contributed by atoms with van der Waals surface area (Å²) in [5.41, 5.74) is 4.81. The molecule has 0 unspecified atom stereocenters. The van der Waals surface area contributed by atoms with Crippen LogP contribution in [0.5, 0.6) is 0 Å². The van der Waals surface area contributed by atoms with Crippen LogP contribution in [0, 0.1) is 0 Å². The summed E-state index contributed by atoms with van der Waals surface area (Å²) >= 11 is 4.56. The number of carbonyl (C=O) groups excluding carboxylic acids is 2. The van der Waals surface area contributed by atoms with Gasteiger partial charge in [-0.15, -0.1) is 11.3 Å². The van der Waals surface area contributed by atoms with Gasteiger partial charge in [0.05, 0.1) is 16.3 Å². The fourth-order valence-corrected chi connectivity index (χ4v) is 3.92. The Bertz CT molecular complexity index is 1280. The number of nitrogens with zero attached hydrogens (tertiary/aromatic N) is 2. The first-order valence-corrected chi connectivity index (χ1v) is 11.1. The van der Waals surface area contributed by atoms with Crippen molar-refractivity contribution in [2.24, 2.45) is 0 Å². The summed E-state index contributed by atoms with van der Waals surface area (Å²) in [6.07, 6.45) is -4.59. The van der Waals surface area contributed by atoms with Gasteiger partial charge in [0, 0.05) is 15.6 Å². The van der Waals surface area contributed by atoms with E-state index in [1.54, 1.807) is 41.8 Å². The highest BCUT2D eigenvalue weighted by Crippen LogP contribution is 2.34. The molecule has 0 aliphatic rings. The van der Waals surface area contributed by atoms with Crippen LogP contribution in [-0.2, 0) is 6.18 Å². The van der Waals surface area contributed by atoms with Crippen LogP contribution < -0.4 is 10.9 Å². The fourth-order valence-electron chi connectivity index (χ4n) is 2.93. The predicted octanol–water partition coefficient (Wildman–Crippen LogP) is 5.46. The Morgan fingerprint density at radius 3 is 2.00 bits per heavy atom. The molecule has 0 spiro atoms. The minimum Gasteiger partial charge on any atom is -0.267 e. The zero-order valence-corrected chi connectivity index (χ0v) is 19.0. The third kappa shape index (κ3) is 5.15. The number of carbonyl (C=O) groups is 2. The van der Waals surface area contributed by atoms with Gasteiger partial charge in [0.1, 0.15) is 0 Å². The van der Waals surface area contributed by atoms with Gasteiger partial charge in [-0.25, -0.2) is 4.68 Å². The number of thiophene rings is 1. The highest BCUT2D eigenvalue weighted by molar-refractivity contribution is 9.10. The van der Waals surface area contributed by atoms with Crippen molar-refractivity contribution in [1.82, 2.24) is 20.6 Å². The number of rotatable bonds is 4. The lowest BCUT2D eigenvalue weighted by Gasteiger charge is -2.09. The average molecular weight is 535 g/mol. The van der Waals surface area contributed by atoms with Gasteiger partial charge < -0.3 is 0 Å². The predicted molar refractivity (Wildman–Crippen MR) is 121 cm³/mol. The molecular weight excluding hydrogens is 521 g/mol. The summed E-state index contributed by atoms with van der Waals surface area (Å²) in [5, 5.41) is 5.48. The van der Waals surface area contributed by atoms with Gasteiger partial charge in [0.2, 0.25) is 0 Å². The maximum atomic E-state index is 13.2. The highest BCUT2D eigenvalue weighted by atomic mass is 79.9. The first-order chi connectivity index (χ1) is 15.7. The van der Waals surface area contributed by atoms with E-state index >= 15 is 0 Å². The van der Waals surface area contributed by atoms with Gasteiger partial charge in [-0.3, -0.25) is 20.4 Å². The SMILES string of the molecule is O=C(NNC(=O)c1ccc(-n2nc(C(F)(F)F)cc2-c2cccs2)cc1)c1ccc(Br)cc1. The lowest BCUT2D eigenvalue weighted by atomic mass is 10.2. The normalized spacial score (nSPS) is 11.3. The van der Waals surface area contributed by atoms with E-state index in [2.05, 4.69) is 31.9 Å². The second kappa shape index (κ2) is 9.20. The molecule has 168 valence electrons. The number of amides is 2. The molecule has 0 bridgehead atoms. The van der Waals surface area contributed by atoms with Crippen LogP contribution >= 0.6 is 27.3 Å². The van der Waals surface area contributed by atoms with E-state index in [4.69, 9.17) is 0 Å². The Morgan fingerprint density at radius 2 is 1.48 bits per heavy atom. The molecule has 0 saturated carbocycles. The molecule has 0 atom stereocenters. The number of hydrogen-bond donors (Lipinski definition) is 2. The molecule has 2 aromatic carbocycles. The summed E-state index contributed by atoms with van der Waals surface area (Å²) < 4.78 is 41.7. The summed E-state index contributed by atoms with van der Waals surface area (Å²) in [7, 11) is 0. The topological polar surface area (TPSA) is 76.0 Å². The minimum atomic E-state index is -4.59. The molecule has 11 heteroatoms. The lowest BCUT2D eigenvalue weighted by Crippen LogP contribution is -2.41. The summed E-state index contributed by atoms with van der Waals surface area (Å²) in [6.45, 7) is 0. The van der Waals surface area contributed by atoms with E-state index in [1.807, 2.05) is 0 Å². The van der Waals surface area contributed by atoms with Crippen LogP contribution in [0.3, 0.4) is 0 Å². The van der Waals surface area contributed by atoms with Crippen LogP contribution in [0.25, 0.3) is 16.3 Å². The average Bonchev–Trinajstić information content (AvgIpc) is 3.47. The quantitative estimate of drug-likeness (QED) is 0.341. The zero-order valence-electron chi connectivity index (χ0n) is 16.6. The van der Waals surface area contributed by atoms with Gasteiger partial charge in [0.15, 0.2) is 5.69 Å². The second-order valence-electron chi connectivity index (χ2n) is 6.76. The van der Waals surface area contributed by atoms with Gasteiger partial charge in [-0.1, -0.05) is 22.0 Å². The van der Waals surface area contributed by atoms with Crippen molar-refractivity contribution in [3.63, 3.8) is 0 Å². The number of aromatic nitrogens is 2. The van der Waals surface area contributed by atoms with Crippen LogP contribution in [-0.4, -0.2) is 21.6 Å². The van der Waals surface area contributed by atoms with Crippen LogP contribution in [0.2, 0.25) is 0 Å². The Kier molecular flexibility index (Phi) is 6.34. The summed E-state index contributed by atoms with van der Waals surface area (Å²) in [5.74, 6) is -1.08. The monoisotopic (exact) mass is 534 g/mol. The molecule has 2 aromatic heterocycles. The number of alkyl halides is 3. The number of halogens is 4. The van der Waals surface area contributed by atoms with Crippen molar-refractivity contribution >= 4 is 39.1 Å². The number of nitrogens with one attached hydrogen (secondary N) is 2. The summed E-state index contributed by atoms with van der Waals surface area (Å²) in [4.78, 5) is 25.1. The molecule has 0 aliphatic heterocycles. The maximum Gasteiger partial charge on any atom is 0.435 e. The first-order valence-electron chi connectivity index (χ1n) is 9.40. The van der Waals surface area contributed by atoms with Crippen molar-refractivity contribution in [3.05, 3.63) is 93.4 Å². The van der Waals surface area contributed by atoms with E-state index in [9.17, 15) is 22.8 Å². The lowest BCUT2D eigenvalue weighted by molar-refractivity contribution is -0.141. The highest BCUT2D eigenvalue weighted by Gasteiger charge is 2.35.